The summed E-state index contributed by atoms with van der Waals surface area (Å²) in [6.45, 7) is 0. The van der Waals surface area contributed by atoms with Crippen molar-refractivity contribution in [3.05, 3.63) is 36.1 Å². The van der Waals surface area contributed by atoms with Crippen LogP contribution in [0, 0.1) is 0 Å². The largest absolute Gasteiger partial charge is 0.515 e. The summed E-state index contributed by atoms with van der Waals surface area (Å²) in [6, 6.07) is 3.67. The third-order valence-electron chi connectivity index (χ3n) is 1.49. The fourth-order valence-electron chi connectivity index (χ4n) is 0.841. The molecule has 0 unspecified atom stereocenters. The lowest BCUT2D eigenvalue weighted by atomic mass is 10.1. The molecule has 4 nitrogen and oxygen atoms in total. The number of allylic oxidation sites excluding steroid dienone is 1. The summed E-state index contributed by atoms with van der Waals surface area (Å²) in [4.78, 5) is 11.1. The summed E-state index contributed by atoms with van der Waals surface area (Å²) in [5.41, 5.74) is 0.195. The predicted molar refractivity (Wildman–Crippen MR) is 45.9 cm³/mol. The molecule has 0 heterocycles. The van der Waals surface area contributed by atoms with Crippen molar-refractivity contribution in [2.45, 2.75) is 0 Å². The molecule has 0 aromatic heterocycles. The Morgan fingerprint density at radius 3 is 2.46 bits per heavy atom. The molecule has 4 heteroatoms. The molecular formula is C9H8O4. The van der Waals surface area contributed by atoms with Crippen molar-refractivity contribution in [2.75, 3.05) is 0 Å². The first-order valence-corrected chi connectivity index (χ1v) is 3.52. The maximum Gasteiger partial charge on any atom is 0.189 e. The molecule has 0 aliphatic carbocycles. The number of benzene rings is 1. The average molecular weight is 180 g/mol. The van der Waals surface area contributed by atoms with Gasteiger partial charge < -0.3 is 15.3 Å². The first kappa shape index (κ1) is 9.12. The van der Waals surface area contributed by atoms with E-state index in [1.54, 1.807) is 0 Å². The van der Waals surface area contributed by atoms with Crippen LogP contribution in [0.4, 0.5) is 0 Å². The van der Waals surface area contributed by atoms with Gasteiger partial charge in [-0.15, -0.1) is 0 Å². The molecule has 0 aliphatic rings. The van der Waals surface area contributed by atoms with E-state index in [4.69, 9.17) is 15.3 Å². The molecule has 0 radical (unpaired) electrons. The normalized spacial score (nSPS) is 10.5. The Labute approximate surface area is 74.4 Å². The lowest BCUT2D eigenvalue weighted by Gasteiger charge is -1.98. The molecule has 1 aromatic rings. The number of carbonyl (C=O) groups excluding carboxylic acids is 1. The standard InChI is InChI=1S/C9H8O4/c10-4-3-7(11)6-1-2-8(12)9(13)5-6/h1-5,10,12-13H. The van der Waals surface area contributed by atoms with E-state index in [1.807, 2.05) is 0 Å². The quantitative estimate of drug-likeness (QED) is 0.278. The lowest BCUT2D eigenvalue weighted by molar-refractivity contribution is 0.104. The van der Waals surface area contributed by atoms with E-state index in [0.29, 0.717) is 6.26 Å². The summed E-state index contributed by atoms with van der Waals surface area (Å²) in [7, 11) is 0. The van der Waals surface area contributed by atoms with E-state index in [0.717, 1.165) is 12.1 Å². The highest BCUT2D eigenvalue weighted by Crippen LogP contribution is 2.24. The van der Waals surface area contributed by atoms with Gasteiger partial charge in [-0.1, -0.05) is 0 Å². The Morgan fingerprint density at radius 1 is 1.23 bits per heavy atom. The topological polar surface area (TPSA) is 77.8 Å². The minimum absolute atomic E-state index is 0.195. The van der Waals surface area contributed by atoms with Crippen LogP contribution in [0.3, 0.4) is 0 Å². The Kier molecular flexibility index (Phi) is 2.54. The van der Waals surface area contributed by atoms with E-state index < -0.39 is 5.78 Å². The molecule has 3 N–H and O–H groups in total. The zero-order chi connectivity index (χ0) is 9.84. The molecule has 68 valence electrons. The summed E-state index contributed by atoms with van der Waals surface area (Å²) in [5, 5.41) is 26.3. The Balaban J connectivity index is 3.04. The van der Waals surface area contributed by atoms with Crippen LogP contribution in [-0.4, -0.2) is 21.1 Å². The zero-order valence-corrected chi connectivity index (χ0v) is 6.64. The van der Waals surface area contributed by atoms with Crippen LogP contribution in [0.5, 0.6) is 11.5 Å². The van der Waals surface area contributed by atoms with Crippen LogP contribution in [0.25, 0.3) is 0 Å². The van der Waals surface area contributed by atoms with Gasteiger partial charge in [0.05, 0.1) is 6.26 Å². The number of hydrogen-bond donors (Lipinski definition) is 3. The maximum absolute atomic E-state index is 11.1. The summed E-state index contributed by atoms with van der Waals surface area (Å²) in [6.07, 6.45) is 1.57. The van der Waals surface area contributed by atoms with Crippen molar-refractivity contribution >= 4 is 5.78 Å². The number of ketones is 1. The molecule has 0 saturated carbocycles. The van der Waals surface area contributed by atoms with Gasteiger partial charge in [0.2, 0.25) is 0 Å². The molecule has 0 aliphatic heterocycles. The lowest BCUT2D eigenvalue weighted by Crippen LogP contribution is -1.93. The van der Waals surface area contributed by atoms with Gasteiger partial charge in [-0.3, -0.25) is 4.79 Å². The minimum Gasteiger partial charge on any atom is -0.515 e. The monoisotopic (exact) mass is 180 g/mol. The van der Waals surface area contributed by atoms with Crippen molar-refractivity contribution in [1.82, 2.24) is 0 Å². The highest BCUT2D eigenvalue weighted by molar-refractivity contribution is 6.04. The van der Waals surface area contributed by atoms with Crippen LogP contribution in [-0.2, 0) is 0 Å². The molecular weight excluding hydrogens is 172 g/mol. The van der Waals surface area contributed by atoms with Crippen LogP contribution in [0.2, 0.25) is 0 Å². The molecule has 1 aromatic carbocycles. The number of rotatable bonds is 2. The van der Waals surface area contributed by atoms with Crippen molar-refractivity contribution in [3.8, 4) is 11.5 Å². The van der Waals surface area contributed by atoms with Gasteiger partial charge in [0.25, 0.3) is 0 Å². The van der Waals surface area contributed by atoms with Gasteiger partial charge in [0, 0.05) is 11.6 Å². The molecule has 13 heavy (non-hydrogen) atoms. The van der Waals surface area contributed by atoms with E-state index in [1.165, 1.54) is 12.1 Å². The fourth-order valence-corrected chi connectivity index (χ4v) is 0.841. The number of hydrogen-bond acceptors (Lipinski definition) is 4. The predicted octanol–water partition coefficient (Wildman–Crippen LogP) is 1.35. The highest BCUT2D eigenvalue weighted by Gasteiger charge is 2.05. The average Bonchev–Trinajstić information content (AvgIpc) is 2.10. The van der Waals surface area contributed by atoms with Crippen LogP contribution < -0.4 is 0 Å². The highest BCUT2D eigenvalue weighted by atomic mass is 16.3. The maximum atomic E-state index is 11.1. The van der Waals surface area contributed by atoms with Crippen molar-refractivity contribution in [3.63, 3.8) is 0 Å². The van der Waals surface area contributed by atoms with Gasteiger partial charge in [-0.05, 0) is 18.2 Å². The fraction of sp³-hybridized carbons (Fsp3) is 0. The van der Waals surface area contributed by atoms with Gasteiger partial charge >= 0.3 is 0 Å². The van der Waals surface area contributed by atoms with E-state index in [-0.39, 0.29) is 17.1 Å². The van der Waals surface area contributed by atoms with Crippen LogP contribution in [0.1, 0.15) is 10.4 Å². The molecule has 0 amide bonds. The zero-order valence-electron chi connectivity index (χ0n) is 6.64. The molecule has 0 atom stereocenters. The first-order valence-electron chi connectivity index (χ1n) is 3.52. The summed E-state index contributed by atoms with van der Waals surface area (Å²) < 4.78 is 0. The summed E-state index contributed by atoms with van der Waals surface area (Å²) >= 11 is 0. The number of phenols is 2. The van der Waals surface area contributed by atoms with E-state index >= 15 is 0 Å². The molecule has 0 bridgehead atoms. The van der Waals surface area contributed by atoms with E-state index in [9.17, 15) is 4.79 Å². The summed E-state index contributed by atoms with van der Waals surface area (Å²) in [5.74, 6) is -1.10. The van der Waals surface area contributed by atoms with Crippen molar-refractivity contribution in [2.24, 2.45) is 0 Å². The smallest absolute Gasteiger partial charge is 0.189 e. The second kappa shape index (κ2) is 3.62. The molecule has 0 spiro atoms. The third-order valence-corrected chi connectivity index (χ3v) is 1.49. The van der Waals surface area contributed by atoms with Crippen LogP contribution >= 0.6 is 0 Å². The number of phenolic OH excluding ortho intramolecular Hbond substituents is 2. The minimum atomic E-state index is -0.446. The van der Waals surface area contributed by atoms with Gasteiger partial charge in [-0.2, -0.15) is 0 Å². The van der Waals surface area contributed by atoms with Crippen LogP contribution in [0.15, 0.2) is 30.5 Å². The van der Waals surface area contributed by atoms with Crippen molar-refractivity contribution in [1.29, 1.82) is 0 Å². The van der Waals surface area contributed by atoms with E-state index in [2.05, 4.69) is 0 Å². The number of aliphatic hydroxyl groups is 1. The third kappa shape index (κ3) is 1.99. The SMILES string of the molecule is O=C(C=CO)c1ccc(O)c(O)c1. The van der Waals surface area contributed by atoms with Gasteiger partial charge in [-0.25, -0.2) is 0 Å². The number of aromatic hydroxyl groups is 2. The second-order valence-corrected chi connectivity index (χ2v) is 2.38. The Bertz CT molecular complexity index is 355. The Morgan fingerprint density at radius 2 is 1.92 bits per heavy atom. The number of aliphatic hydroxyl groups excluding tert-OH is 1. The molecule has 1 rings (SSSR count). The Hall–Kier alpha value is -1.97. The first-order chi connectivity index (χ1) is 6.15. The van der Waals surface area contributed by atoms with Gasteiger partial charge in [0.15, 0.2) is 17.3 Å². The number of carbonyl (C=O) groups is 1. The van der Waals surface area contributed by atoms with Gasteiger partial charge in [0.1, 0.15) is 0 Å². The molecule has 0 saturated heterocycles. The van der Waals surface area contributed by atoms with Crippen molar-refractivity contribution < 1.29 is 20.1 Å². The molecule has 0 fully saturated rings. The second-order valence-electron chi connectivity index (χ2n) is 2.38.